The largest absolute Gasteiger partial charge is 0.480 e. The summed E-state index contributed by atoms with van der Waals surface area (Å²) >= 11 is 0. The lowest BCUT2D eigenvalue weighted by Crippen LogP contribution is -2.39. The van der Waals surface area contributed by atoms with Crippen LogP contribution in [0.3, 0.4) is 0 Å². The number of carboxylic acid groups (broad SMARTS) is 1. The summed E-state index contributed by atoms with van der Waals surface area (Å²) in [7, 11) is 0. The Kier molecular flexibility index (Phi) is 5.18. The molecule has 1 aromatic heterocycles. The second kappa shape index (κ2) is 6.96. The number of ether oxygens (including phenoxy) is 1. The van der Waals surface area contributed by atoms with Gasteiger partial charge in [-0.25, -0.2) is 14.2 Å². The first-order chi connectivity index (χ1) is 11.3. The molecule has 1 aromatic carbocycles. The topological polar surface area (TPSA) is 105 Å². The summed E-state index contributed by atoms with van der Waals surface area (Å²) < 4.78 is 19.8. The summed E-state index contributed by atoms with van der Waals surface area (Å²) in [5.74, 6) is -1.11. The highest BCUT2D eigenvalue weighted by molar-refractivity contribution is 5.89. The average Bonchev–Trinajstić information content (AvgIpc) is 2.52. The SMILES string of the molecule is CCc1nc(OCCO)c2cc(NC(C)(C)C(=O)O)cc(F)c2n1. The number of nitrogens with one attached hydrogen (secondary N) is 1. The van der Waals surface area contributed by atoms with Gasteiger partial charge in [0, 0.05) is 12.1 Å². The van der Waals surface area contributed by atoms with Crippen molar-refractivity contribution >= 4 is 22.6 Å². The second-order valence-electron chi connectivity index (χ2n) is 5.78. The fourth-order valence-corrected chi connectivity index (χ4v) is 2.10. The number of aromatic nitrogens is 2. The third-order valence-corrected chi connectivity index (χ3v) is 3.40. The summed E-state index contributed by atoms with van der Waals surface area (Å²) in [6.45, 7) is 4.57. The number of carboxylic acids is 1. The maximum atomic E-state index is 14.5. The Balaban J connectivity index is 2.56. The molecule has 0 aliphatic carbocycles. The normalized spacial score (nSPS) is 11.5. The lowest BCUT2D eigenvalue weighted by atomic mass is 10.1. The van der Waals surface area contributed by atoms with Gasteiger partial charge in [-0.3, -0.25) is 0 Å². The fraction of sp³-hybridized carbons (Fsp3) is 0.438. The van der Waals surface area contributed by atoms with Gasteiger partial charge in [0.1, 0.15) is 23.5 Å². The van der Waals surface area contributed by atoms with E-state index in [0.717, 1.165) is 0 Å². The van der Waals surface area contributed by atoms with Gasteiger partial charge in [-0.05, 0) is 26.0 Å². The molecule has 0 saturated carbocycles. The van der Waals surface area contributed by atoms with Crippen molar-refractivity contribution in [2.75, 3.05) is 18.5 Å². The first kappa shape index (κ1) is 17.9. The number of nitrogens with zero attached hydrogens (tertiary/aromatic N) is 2. The Morgan fingerprint density at radius 2 is 2.08 bits per heavy atom. The molecule has 24 heavy (non-hydrogen) atoms. The summed E-state index contributed by atoms with van der Waals surface area (Å²) in [4.78, 5) is 19.6. The molecule has 2 rings (SSSR count). The number of carbonyl (C=O) groups is 1. The fourth-order valence-electron chi connectivity index (χ4n) is 2.10. The molecule has 0 atom stereocenters. The van der Waals surface area contributed by atoms with E-state index in [4.69, 9.17) is 9.84 Å². The van der Waals surface area contributed by atoms with Gasteiger partial charge in [-0.1, -0.05) is 6.92 Å². The summed E-state index contributed by atoms with van der Waals surface area (Å²) in [5, 5.41) is 21.2. The minimum absolute atomic E-state index is 0.00909. The molecule has 0 fully saturated rings. The van der Waals surface area contributed by atoms with E-state index in [1.807, 2.05) is 6.92 Å². The maximum absolute atomic E-state index is 14.5. The minimum Gasteiger partial charge on any atom is -0.480 e. The second-order valence-corrected chi connectivity index (χ2v) is 5.78. The van der Waals surface area contributed by atoms with Crippen LogP contribution in [0.15, 0.2) is 12.1 Å². The molecular formula is C16H20FN3O4. The highest BCUT2D eigenvalue weighted by Gasteiger charge is 2.27. The van der Waals surface area contributed by atoms with E-state index in [0.29, 0.717) is 17.6 Å². The van der Waals surface area contributed by atoms with E-state index in [1.165, 1.54) is 26.0 Å². The Hall–Kier alpha value is -2.48. The molecule has 8 heteroatoms. The molecule has 1 heterocycles. The van der Waals surface area contributed by atoms with Gasteiger partial charge in [-0.15, -0.1) is 0 Å². The number of rotatable bonds is 7. The van der Waals surface area contributed by atoms with Crippen LogP contribution in [0.4, 0.5) is 10.1 Å². The number of aliphatic carboxylic acids is 1. The quantitative estimate of drug-likeness (QED) is 0.709. The number of hydrogen-bond donors (Lipinski definition) is 3. The van der Waals surface area contributed by atoms with Crippen molar-refractivity contribution in [1.82, 2.24) is 9.97 Å². The molecule has 130 valence electrons. The molecule has 0 aliphatic rings. The van der Waals surface area contributed by atoms with Crippen LogP contribution in [-0.2, 0) is 11.2 Å². The van der Waals surface area contributed by atoms with Crippen molar-refractivity contribution in [3.63, 3.8) is 0 Å². The highest BCUT2D eigenvalue weighted by Crippen LogP contribution is 2.29. The van der Waals surface area contributed by atoms with Crippen LogP contribution in [-0.4, -0.2) is 44.9 Å². The van der Waals surface area contributed by atoms with Crippen LogP contribution in [0.25, 0.3) is 10.9 Å². The monoisotopic (exact) mass is 337 g/mol. The summed E-state index contributed by atoms with van der Waals surface area (Å²) in [6.07, 6.45) is 0.497. The minimum atomic E-state index is -1.28. The smallest absolute Gasteiger partial charge is 0.328 e. The van der Waals surface area contributed by atoms with Crippen LogP contribution in [0.5, 0.6) is 5.88 Å². The zero-order chi connectivity index (χ0) is 17.9. The Bertz CT molecular complexity index is 765. The summed E-state index contributed by atoms with van der Waals surface area (Å²) in [6, 6.07) is 2.73. The van der Waals surface area contributed by atoms with E-state index in [9.17, 15) is 14.3 Å². The highest BCUT2D eigenvalue weighted by atomic mass is 19.1. The Labute approximate surface area is 138 Å². The predicted octanol–water partition coefficient (Wildman–Crippen LogP) is 1.98. The third kappa shape index (κ3) is 3.70. The van der Waals surface area contributed by atoms with Gasteiger partial charge in [0.2, 0.25) is 5.88 Å². The maximum Gasteiger partial charge on any atom is 0.328 e. The molecule has 3 N–H and O–H groups in total. The van der Waals surface area contributed by atoms with E-state index >= 15 is 0 Å². The molecule has 0 unspecified atom stereocenters. The number of anilines is 1. The van der Waals surface area contributed by atoms with Crippen LogP contribution in [0.2, 0.25) is 0 Å². The molecule has 0 spiro atoms. The van der Waals surface area contributed by atoms with Gasteiger partial charge in [0.05, 0.1) is 12.0 Å². The standard InChI is InChI=1S/C16H20FN3O4/c1-4-12-18-13-10(14(19-12)24-6-5-21)7-9(8-11(13)17)20-16(2,3)15(22)23/h7-8,20-21H,4-6H2,1-3H3,(H,22,23). The number of aliphatic hydroxyl groups excluding tert-OH is 1. The predicted molar refractivity (Wildman–Crippen MR) is 86.8 cm³/mol. The van der Waals surface area contributed by atoms with Crippen molar-refractivity contribution in [3.8, 4) is 5.88 Å². The number of halogens is 1. The molecule has 0 radical (unpaired) electrons. The zero-order valence-electron chi connectivity index (χ0n) is 13.8. The molecule has 0 saturated heterocycles. The van der Waals surface area contributed by atoms with Crippen LogP contribution in [0, 0.1) is 5.82 Å². The molecule has 7 nitrogen and oxygen atoms in total. The van der Waals surface area contributed by atoms with Crippen molar-refractivity contribution in [2.24, 2.45) is 0 Å². The van der Waals surface area contributed by atoms with E-state index < -0.39 is 17.3 Å². The Morgan fingerprint density at radius 1 is 1.38 bits per heavy atom. The molecule has 0 bridgehead atoms. The van der Waals surface area contributed by atoms with Crippen molar-refractivity contribution < 1.29 is 24.1 Å². The van der Waals surface area contributed by atoms with Crippen LogP contribution in [0.1, 0.15) is 26.6 Å². The van der Waals surface area contributed by atoms with E-state index in [-0.39, 0.29) is 30.3 Å². The van der Waals surface area contributed by atoms with Gasteiger partial charge < -0.3 is 20.3 Å². The van der Waals surface area contributed by atoms with Gasteiger partial charge in [-0.2, -0.15) is 4.98 Å². The number of aliphatic hydroxyl groups is 1. The van der Waals surface area contributed by atoms with Gasteiger partial charge in [0.25, 0.3) is 0 Å². The van der Waals surface area contributed by atoms with Crippen LogP contribution < -0.4 is 10.1 Å². The molecule has 0 amide bonds. The first-order valence-corrected chi connectivity index (χ1v) is 7.54. The Morgan fingerprint density at radius 3 is 2.67 bits per heavy atom. The van der Waals surface area contributed by atoms with Crippen LogP contribution >= 0.6 is 0 Å². The lowest BCUT2D eigenvalue weighted by Gasteiger charge is -2.23. The number of aryl methyl sites for hydroxylation is 1. The average molecular weight is 337 g/mol. The van der Waals surface area contributed by atoms with Crippen molar-refractivity contribution in [3.05, 3.63) is 23.8 Å². The summed E-state index contributed by atoms with van der Waals surface area (Å²) in [5.41, 5.74) is -0.918. The van der Waals surface area contributed by atoms with E-state index in [1.54, 1.807) is 0 Å². The molecule has 0 aliphatic heterocycles. The van der Waals surface area contributed by atoms with Crippen molar-refractivity contribution in [1.29, 1.82) is 0 Å². The van der Waals surface area contributed by atoms with E-state index in [2.05, 4.69) is 15.3 Å². The number of fused-ring (bicyclic) bond motifs is 1. The zero-order valence-corrected chi connectivity index (χ0v) is 13.8. The number of hydrogen-bond acceptors (Lipinski definition) is 6. The first-order valence-electron chi connectivity index (χ1n) is 7.54. The molecular weight excluding hydrogens is 317 g/mol. The van der Waals surface area contributed by atoms with Gasteiger partial charge >= 0.3 is 5.97 Å². The number of benzene rings is 1. The third-order valence-electron chi connectivity index (χ3n) is 3.40. The van der Waals surface area contributed by atoms with Gasteiger partial charge in [0.15, 0.2) is 5.82 Å². The van der Waals surface area contributed by atoms with Crippen molar-refractivity contribution in [2.45, 2.75) is 32.7 Å². The molecule has 2 aromatic rings. The lowest BCUT2D eigenvalue weighted by molar-refractivity contribution is -0.141.